The van der Waals surface area contributed by atoms with Gasteiger partial charge in [-0.2, -0.15) is 5.10 Å². The second-order valence-electron chi connectivity index (χ2n) is 5.24. The molecule has 2 heterocycles. The molecule has 2 rings (SSSR count). The molecule has 0 aliphatic carbocycles. The van der Waals surface area contributed by atoms with Crippen LogP contribution in [0.25, 0.3) is 0 Å². The summed E-state index contributed by atoms with van der Waals surface area (Å²) in [7, 11) is 0. The molecule has 1 N–H and O–H groups in total. The van der Waals surface area contributed by atoms with Crippen molar-refractivity contribution in [2.24, 2.45) is 11.8 Å². The van der Waals surface area contributed by atoms with Gasteiger partial charge in [0.05, 0.1) is 5.75 Å². The summed E-state index contributed by atoms with van der Waals surface area (Å²) < 4.78 is 1.50. The SMILES string of the molecule is C[C@@H]1CCN(C(=O)CSc2n[nH]c(=S)s2)C[C@@H](C)C1. The normalized spacial score (nSPS) is 24.2. The van der Waals surface area contributed by atoms with Gasteiger partial charge in [0.1, 0.15) is 0 Å². The quantitative estimate of drug-likeness (QED) is 0.687. The third-order valence-electron chi connectivity index (χ3n) is 3.32. The summed E-state index contributed by atoms with van der Waals surface area (Å²) in [6, 6.07) is 0. The van der Waals surface area contributed by atoms with Crippen molar-refractivity contribution in [1.82, 2.24) is 15.1 Å². The third kappa shape index (κ3) is 4.57. The first-order valence-corrected chi connectivity index (χ1v) is 8.71. The van der Waals surface area contributed by atoms with Crippen LogP contribution in [-0.2, 0) is 4.79 Å². The minimum atomic E-state index is 0.215. The van der Waals surface area contributed by atoms with Crippen molar-refractivity contribution >= 4 is 41.2 Å². The van der Waals surface area contributed by atoms with Crippen LogP contribution >= 0.6 is 35.3 Å². The zero-order valence-corrected chi connectivity index (χ0v) is 13.7. The topological polar surface area (TPSA) is 49.0 Å². The maximum Gasteiger partial charge on any atom is 0.233 e. The van der Waals surface area contributed by atoms with E-state index in [0.29, 0.717) is 15.6 Å². The van der Waals surface area contributed by atoms with Crippen molar-refractivity contribution in [2.45, 2.75) is 31.0 Å². The second kappa shape index (κ2) is 6.85. The lowest BCUT2D eigenvalue weighted by Crippen LogP contribution is -2.35. The van der Waals surface area contributed by atoms with Crippen LogP contribution in [0.4, 0.5) is 0 Å². The fraction of sp³-hybridized carbons (Fsp3) is 0.750. The molecule has 106 valence electrons. The Morgan fingerprint density at radius 2 is 2.37 bits per heavy atom. The van der Waals surface area contributed by atoms with Gasteiger partial charge in [0, 0.05) is 13.1 Å². The lowest BCUT2D eigenvalue weighted by Gasteiger charge is -2.22. The smallest absolute Gasteiger partial charge is 0.233 e. The number of H-pyrrole nitrogens is 1. The fourth-order valence-corrected chi connectivity index (χ4v) is 4.43. The van der Waals surface area contributed by atoms with Crippen molar-refractivity contribution in [3.8, 4) is 0 Å². The van der Waals surface area contributed by atoms with E-state index in [2.05, 4.69) is 24.0 Å². The van der Waals surface area contributed by atoms with Gasteiger partial charge in [0.2, 0.25) is 5.91 Å². The van der Waals surface area contributed by atoms with Crippen LogP contribution in [0.3, 0.4) is 0 Å². The van der Waals surface area contributed by atoms with Crippen LogP contribution in [-0.4, -0.2) is 39.8 Å². The molecule has 1 saturated heterocycles. The Morgan fingerprint density at radius 1 is 1.58 bits per heavy atom. The molecule has 7 heteroatoms. The Balaban J connectivity index is 1.86. The number of carbonyl (C=O) groups is 1. The standard InChI is InChI=1S/C12H19N3OS3/c1-8-3-4-15(6-9(2)5-8)10(16)7-18-12-14-13-11(17)19-12/h8-9H,3-7H2,1-2H3,(H,13,17)/t8-,9+/m1/s1. The zero-order valence-electron chi connectivity index (χ0n) is 11.2. The largest absolute Gasteiger partial charge is 0.342 e. The van der Waals surface area contributed by atoms with Crippen LogP contribution in [0.15, 0.2) is 4.34 Å². The van der Waals surface area contributed by atoms with Gasteiger partial charge in [-0.25, -0.2) is 0 Å². The van der Waals surface area contributed by atoms with E-state index in [1.54, 1.807) is 0 Å². The monoisotopic (exact) mass is 317 g/mol. The first kappa shape index (κ1) is 15.0. The van der Waals surface area contributed by atoms with Gasteiger partial charge in [-0.15, -0.1) is 0 Å². The molecule has 0 unspecified atom stereocenters. The minimum absolute atomic E-state index is 0.215. The van der Waals surface area contributed by atoms with E-state index in [4.69, 9.17) is 12.2 Å². The highest BCUT2D eigenvalue weighted by molar-refractivity contribution is 8.01. The molecule has 0 bridgehead atoms. The van der Waals surface area contributed by atoms with E-state index in [1.165, 1.54) is 29.5 Å². The molecule has 0 saturated carbocycles. The van der Waals surface area contributed by atoms with Gasteiger partial charge in [0.25, 0.3) is 0 Å². The first-order chi connectivity index (χ1) is 9.04. The lowest BCUT2D eigenvalue weighted by atomic mass is 9.97. The third-order valence-corrected chi connectivity index (χ3v) is 5.54. The molecule has 1 aromatic rings. The fourth-order valence-electron chi connectivity index (χ4n) is 2.44. The summed E-state index contributed by atoms with van der Waals surface area (Å²) >= 11 is 7.87. The molecule has 2 atom stereocenters. The van der Waals surface area contributed by atoms with Gasteiger partial charge in [-0.1, -0.05) is 36.9 Å². The highest BCUT2D eigenvalue weighted by atomic mass is 32.2. The number of thioether (sulfide) groups is 1. The molecule has 1 aromatic heterocycles. The van der Waals surface area contributed by atoms with Crippen LogP contribution in [0, 0.1) is 15.8 Å². The molecular weight excluding hydrogens is 298 g/mol. The summed E-state index contributed by atoms with van der Waals surface area (Å²) in [5, 5.41) is 6.79. The molecule has 4 nitrogen and oxygen atoms in total. The molecule has 1 amide bonds. The van der Waals surface area contributed by atoms with Crippen molar-refractivity contribution in [2.75, 3.05) is 18.8 Å². The Hall–Kier alpha value is -0.400. The van der Waals surface area contributed by atoms with E-state index in [0.717, 1.165) is 29.8 Å². The molecule has 1 fully saturated rings. The van der Waals surface area contributed by atoms with Crippen LogP contribution in [0.2, 0.25) is 0 Å². The minimum Gasteiger partial charge on any atom is -0.342 e. The molecule has 0 aromatic carbocycles. The highest BCUT2D eigenvalue weighted by Crippen LogP contribution is 2.24. The number of nitrogens with zero attached hydrogens (tertiary/aromatic N) is 2. The summed E-state index contributed by atoms with van der Waals surface area (Å²) in [5.74, 6) is 1.99. The Kier molecular flexibility index (Phi) is 5.41. The molecule has 1 aliphatic heterocycles. The van der Waals surface area contributed by atoms with Gasteiger partial charge >= 0.3 is 0 Å². The number of hydrogen-bond acceptors (Lipinski definition) is 5. The highest BCUT2D eigenvalue weighted by Gasteiger charge is 2.22. The van der Waals surface area contributed by atoms with Crippen LogP contribution in [0.5, 0.6) is 0 Å². The molecular formula is C12H19N3OS3. The summed E-state index contributed by atoms with van der Waals surface area (Å²) in [5.41, 5.74) is 0. The number of rotatable bonds is 3. The maximum absolute atomic E-state index is 12.2. The molecule has 0 radical (unpaired) electrons. The predicted molar refractivity (Wildman–Crippen MR) is 82.2 cm³/mol. The molecule has 19 heavy (non-hydrogen) atoms. The Morgan fingerprint density at radius 3 is 3.05 bits per heavy atom. The van der Waals surface area contributed by atoms with Crippen molar-refractivity contribution in [1.29, 1.82) is 0 Å². The first-order valence-electron chi connectivity index (χ1n) is 6.50. The van der Waals surface area contributed by atoms with Crippen molar-refractivity contribution in [3.05, 3.63) is 3.95 Å². The maximum atomic E-state index is 12.2. The molecule has 0 spiro atoms. The van der Waals surface area contributed by atoms with E-state index >= 15 is 0 Å². The number of carbonyl (C=O) groups excluding carboxylic acids is 1. The summed E-state index contributed by atoms with van der Waals surface area (Å²) in [6.45, 7) is 6.28. The van der Waals surface area contributed by atoms with Crippen molar-refractivity contribution < 1.29 is 4.79 Å². The van der Waals surface area contributed by atoms with Gasteiger partial charge in [-0.3, -0.25) is 9.89 Å². The van der Waals surface area contributed by atoms with Crippen molar-refractivity contribution in [3.63, 3.8) is 0 Å². The number of hydrogen-bond donors (Lipinski definition) is 1. The summed E-state index contributed by atoms with van der Waals surface area (Å²) in [4.78, 5) is 14.2. The predicted octanol–water partition coefficient (Wildman–Crippen LogP) is 3.19. The average molecular weight is 318 g/mol. The Bertz CT molecular complexity index is 485. The number of amides is 1. The number of aromatic amines is 1. The van der Waals surface area contributed by atoms with Gasteiger partial charge in [-0.05, 0) is 36.9 Å². The van der Waals surface area contributed by atoms with E-state index in [1.807, 2.05) is 4.90 Å². The average Bonchev–Trinajstić information content (AvgIpc) is 2.68. The van der Waals surface area contributed by atoms with Gasteiger partial charge < -0.3 is 4.90 Å². The lowest BCUT2D eigenvalue weighted by molar-refractivity contribution is -0.128. The molecule has 1 aliphatic rings. The van der Waals surface area contributed by atoms with Crippen LogP contribution < -0.4 is 0 Å². The number of likely N-dealkylation sites (tertiary alicyclic amines) is 1. The second-order valence-corrected chi connectivity index (χ2v) is 8.13. The number of aromatic nitrogens is 2. The van der Waals surface area contributed by atoms with Crippen LogP contribution in [0.1, 0.15) is 26.7 Å². The van der Waals surface area contributed by atoms with E-state index in [9.17, 15) is 4.79 Å². The number of nitrogens with one attached hydrogen (secondary N) is 1. The zero-order chi connectivity index (χ0) is 13.8. The van der Waals surface area contributed by atoms with E-state index < -0.39 is 0 Å². The van der Waals surface area contributed by atoms with E-state index in [-0.39, 0.29) is 5.91 Å². The summed E-state index contributed by atoms with van der Waals surface area (Å²) in [6.07, 6.45) is 2.33. The Labute approximate surface area is 127 Å². The van der Waals surface area contributed by atoms with Gasteiger partial charge in [0.15, 0.2) is 8.29 Å².